The highest BCUT2D eigenvalue weighted by atomic mass is 16.7. The minimum Gasteiger partial charge on any atom is -0.399 e. The van der Waals surface area contributed by atoms with Crippen LogP contribution in [0.1, 0.15) is 55.4 Å². The standard InChI is InChI=1S/2C36H31BO2/c2*1-35(2)36(3,4)39-37(38-35)26-22-20-25(21-23-26)33-29-15-7-9-17-31(29)34(32-18-10-8-16-30(32)33)28-19-11-13-24-12-5-6-14-27(24)28/h2*5-23H,1-4H3. The van der Waals surface area contributed by atoms with E-state index >= 15 is 0 Å². The summed E-state index contributed by atoms with van der Waals surface area (Å²) < 4.78 is 25.3. The molecular weight excluding hydrogens is 950 g/mol. The Morgan fingerprint density at radius 2 is 0.462 bits per heavy atom. The molecule has 0 bridgehead atoms. The molecule has 12 aromatic rings. The molecule has 6 heteroatoms. The molecule has 0 unspecified atom stereocenters. The van der Waals surface area contributed by atoms with Crippen molar-refractivity contribution in [1.82, 2.24) is 0 Å². The van der Waals surface area contributed by atoms with Gasteiger partial charge >= 0.3 is 14.2 Å². The van der Waals surface area contributed by atoms with Gasteiger partial charge in [-0.3, -0.25) is 0 Å². The molecule has 2 saturated heterocycles. The summed E-state index contributed by atoms with van der Waals surface area (Å²) >= 11 is 0. The van der Waals surface area contributed by atoms with Crippen LogP contribution in [0, 0.1) is 0 Å². The van der Waals surface area contributed by atoms with Gasteiger partial charge in [0.25, 0.3) is 0 Å². The van der Waals surface area contributed by atoms with Crippen LogP contribution in [-0.4, -0.2) is 36.6 Å². The van der Waals surface area contributed by atoms with Gasteiger partial charge in [0.05, 0.1) is 22.4 Å². The van der Waals surface area contributed by atoms with Gasteiger partial charge in [-0.25, -0.2) is 0 Å². The molecule has 0 aromatic heterocycles. The molecule has 2 fully saturated rings. The van der Waals surface area contributed by atoms with Crippen molar-refractivity contribution in [3.05, 3.63) is 231 Å². The normalized spacial score (nSPS) is 16.4. The second-order valence-electron chi connectivity index (χ2n) is 23.2. The summed E-state index contributed by atoms with van der Waals surface area (Å²) in [4.78, 5) is 0. The van der Waals surface area contributed by atoms with Crippen molar-refractivity contribution in [1.29, 1.82) is 0 Å². The van der Waals surface area contributed by atoms with Crippen molar-refractivity contribution in [2.24, 2.45) is 0 Å². The quantitative estimate of drug-likeness (QED) is 0.123. The lowest BCUT2D eigenvalue weighted by Crippen LogP contribution is -2.41. The van der Waals surface area contributed by atoms with Crippen molar-refractivity contribution >= 4 is 89.8 Å². The van der Waals surface area contributed by atoms with Crippen molar-refractivity contribution < 1.29 is 18.6 Å². The highest BCUT2D eigenvalue weighted by Crippen LogP contribution is 2.48. The van der Waals surface area contributed by atoms with Crippen LogP contribution >= 0.6 is 0 Å². The van der Waals surface area contributed by atoms with Gasteiger partial charge in [-0.15, -0.1) is 0 Å². The molecule has 2 aliphatic rings. The third-order valence-electron chi connectivity index (χ3n) is 17.4. The molecule has 0 N–H and O–H groups in total. The zero-order valence-corrected chi connectivity index (χ0v) is 45.7. The lowest BCUT2D eigenvalue weighted by atomic mass is 9.78. The lowest BCUT2D eigenvalue weighted by molar-refractivity contribution is 0.00578. The van der Waals surface area contributed by atoms with Crippen LogP contribution in [0.15, 0.2) is 231 Å². The van der Waals surface area contributed by atoms with E-state index in [-0.39, 0.29) is 36.6 Å². The van der Waals surface area contributed by atoms with E-state index in [1.807, 2.05) is 0 Å². The van der Waals surface area contributed by atoms with Gasteiger partial charge < -0.3 is 18.6 Å². The molecule has 4 nitrogen and oxygen atoms in total. The summed E-state index contributed by atoms with van der Waals surface area (Å²) in [6.07, 6.45) is 0. The first-order chi connectivity index (χ1) is 37.7. The second kappa shape index (κ2) is 19.0. The smallest absolute Gasteiger partial charge is 0.399 e. The summed E-state index contributed by atoms with van der Waals surface area (Å²) in [7, 11) is -0.738. The molecule has 12 aromatic carbocycles. The van der Waals surface area contributed by atoms with Gasteiger partial charge in [-0.1, -0.05) is 231 Å². The van der Waals surface area contributed by atoms with Gasteiger partial charge in [0, 0.05) is 0 Å². The van der Waals surface area contributed by atoms with E-state index in [9.17, 15) is 0 Å². The van der Waals surface area contributed by atoms with Gasteiger partial charge in [-0.05, 0) is 175 Å². The molecule has 0 amide bonds. The first-order valence-corrected chi connectivity index (χ1v) is 27.4. The Hall–Kier alpha value is -7.83. The minimum atomic E-state index is -0.369. The number of hydrogen-bond acceptors (Lipinski definition) is 4. The van der Waals surface area contributed by atoms with Crippen LogP contribution in [0.4, 0.5) is 0 Å². The van der Waals surface area contributed by atoms with E-state index in [4.69, 9.17) is 18.6 Å². The fourth-order valence-electron chi connectivity index (χ4n) is 11.9. The molecule has 78 heavy (non-hydrogen) atoms. The molecule has 2 heterocycles. The maximum Gasteiger partial charge on any atom is 0.494 e. The molecule has 0 radical (unpaired) electrons. The average molecular weight is 1010 g/mol. The summed E-state index contributed by atoms with van der Waals surface area (Å²) in [5, 5.41) is 15.1. The highest BCUT2D eigenvalue weighted by molar-refractivity contribution is 6.62. The maximum atomic E-state index is 6.31. The minimum absolute atomic E-state index is 0.361. The van der Waals surface area contributed by atoms with Gasteiger partial charge in [0.2, 0.25) is 0 Å². The summed E-state index contributed by atoms with van der Waals surface area (Å²) in [5.74, 6) is 0. The summed E-state index contributed by atoms with van der Waals surface area (Å²) in [6.45, 7) is 16.8. The Morgan fingerprint density at radius 1 is 0.231 bits per heavy atom. The lowest BCUT2D eigenvalue weighted by Gasteiger charge is -2.32. The van der Waals surface area contributed by atoms with Crippen molar-refractivity contribution in [2.45, 2.75) is 77.8 Å². The van der Waals surface area contributed by atoms with Crippen molar-refractivity contribution in [3.8, 4) is 44.5 Å². The second-order valence-corrected chi connectivity index (χ2v) is 23.2. The number of benzene rings is 12. The molecule has 0 aliphatic carbocycles. The fraction of sp³-hybridized carbons (Fsp3) is 0.167. The molecule has 380 valence electrons. The predicted molar refractivity (Wildman–Crippen MR) is 331 cm³/mol. The monoisotopic (exact) mass is 1010 g/mol. The first-order valence-electron chi connectivity index (χ1n) is 27.4. The van der Waals surface area contributed by atoms with E-state index < -0.39 is 0 Å². The Balaban J connectivity index is 0.000000148. The zero-order valence-electron chi connectivity index (χ0n) is 45.7. The van der Waals surface area contributed by atoms with Crippen LogP contribution in [0.25, 0.3) is 109 Å². The van der Waals surface area contributed by atoms with E-state index in [1.54, 1.807) is 0 Å². The average Bonchev–Trinajstić information content (AvgIpc) is 3.90. The van der Waals surface area contributed by atoms with Crippen molar-refractivity contribution in [3.63, 3.8) is 0 Å². The third kappa shape index (κ3) is 8.33. The van der Waals surface area contributed by atoms with Crippen LogP contribution in [0.5, 0.6) is 0 Å². The molecule has 14 rings (SSSR count). The zero-order chi connectivity index (χ0) is 53.6. The van der Waals surface area contributed by atoms with Crippen LogP contribution in [0.2, 0.25) is 0 Å². The molecule has 0 spiro atoms. The van der Waals surface area contributed by atoms with Gasteiger partial charge in [0.1, 0.15) is 0 Å². The summed E-state index contributed by atoms with van der Waals surface area (Å²) in [5.41, 5.74) is 10.6. The van der Waals surface area contributed by atoms with Crippen molar-refractivity contribution in [2.75, 3.05) is 0 Å². The topological polar surface area (TPSA) is 36.9 Å². The van der Waals surface area contributed by atoms with E-state index in [0.717, 1.165) is 10.9 Å². The highest BCUT2D eigenvalue weighted by Gasteiger charge is 2.52. The maximum absolute atomic E-state index is 6.31. The SMILES string of the molecule is CC1(C)OB(c2ccc(-c3c4ccccc4c(-c4cccc5ccccc45)c4ccccc34)cc2)OC1(C)C.CC1(C)OB(c2ccc(-c3c4ccccc4c(-c4cccc5ccccc45)c4ccccc34)cc2)OC1(C)C. The number of hydrogen-bond donors (Lipinski definition) is 0. The fourth-order valence-corrected chi connectivity index (χ4v) is 11.9. The predicted octanol–water partition coefficient (Wildman–Crippen LogP) is 17.6. The van der Waals surface area contributed by atoms with Gasteiger partial charge in [-0.2, -0.15) is 0 Å². The molecule has 2 aliphatic heterocycles. The first kappa shape index (κ1) is 49.7. The Kier molecular flexibility index (Phi) is 12.1. The van der Waals surface area contributed by atoms with Gasteiger partial charge in [0.15, 0.2) is 0 Å². The number of fused-ring (bicyclic) bond motifs is 6. The van der Waals surface area contributed by atoms with Crippen LogP contribution in [-0.2, 0) is 18.6 Å². The summed E-state index contributed by atoms with van der Waals surface area (Å²) in [6, 6.07) is 83.3. The van der Waals surface area contributed by atoms with E-state index in [1.165, 1.54) is 109 Å². The molecular formula is C72H62B2O4. The molecule has 0 saturated carbocycles. The van der Waals surface area contributed by atoms with Crippen LogP contribution < -0.4 is 10.9 Å². The largest absolute Gasteiger partial charge is 0.494 e. The van der Waals surface area contributed by atoms with E-state index in [0.29, 0.717) is 0 Å². The third-order valence-corrected chi connectivity index (χ3v) is 17.4. The Labute approximate surface area is 458 Å². The Morgan fingerprint density at radius 3 is 0.744 bits per heavy atom. The Bertz CT molecular complexity index is 3860. The van der Waals surface area contributed by atoms with Crippen LogP contribution in [0.3, 0.4) is 0 Å². The molecule has 0 atom stereocenters. The van der Waals surface area contributed by atoms with E-state index in [2.05, 4.69) is 286 Å². The number of rotatable bonds is 6.